The summed E-state index contributed by atoms with van der Waals surface area (Å²) in [6, 6.07) is 9.19. The summed E-state index contributed by atoms with van der Waals surface area (Å²) >= 11 is 0. The number of H-pyrrole nitrogens is 2. The van der Waals surface area contributed by atoms with Crippen LogP contribution in [0.4, 0.5) is 28.0 Å². The minimum Gasteiger partial charge on any atom is -0.367 e. The van der Waals surface area contributed by atoms with E-state index >= 15 is 4.39 Å². The van der Waals surface area contributed by atoms with E-state index in [4.69, 9.17) is 0 Å². The first-order valence-corrected chi connectivity index (χ1v) is 12.0. The molecule has 12 heteroatoms. The second kappa shape index (κ2) is 8.61. The standard InChI is InChI=1S/C26H22F4N6O2/c1-34-12-16-13-35(6-7-36(16)25(34)38)15-9-19(27)22-20(10-15)32-24(33-22)21-8-14(11-31-21)23(37)17-4-2-3-5-18(17)26(28,29)30/h2-5,8-11,16,31H,6-7,12-13H2,1H3,(H,32,33)/t16-/m1/s1. The minimum absolute atomic E-state index is 0.000172. The van der Waals surface area contributed by atoms with Crippen molar-refractivity contribution in [3.8, 4) is 11.5 Å². The lowest BCUT2D eigenvalue weighted by atomic mass is 9.99. The van der Waals surface area contributed by atoms with E-state index in [9.17, 15) is 22.8 Å². The molecule has 2 aromatic carbocycles. The van der Waals surface area contributed by atoms with Crippen LogP contribution in [0.2, 0.25) is 0 Å². The number of anilines is 1. The van der Waals surface area contributed by atoms with Gasteiger partial charge in [0.05, 0.1) is 22.8 Å². The SMILES string of the molecule is CN1C[C@@H]2CN(c3cc(F)c4nc(-c5cc(C(=O)c6ccccc6C(F)(F)F)c[nH]5)[nH]c4c3)CCN2C1=O. The lowest BCUT2D eigenvalue weighted by Crippen LogP contribution is -2.52. The highest BCUT2D eigenvalue weighted by molar-refractivity contribution is 6.10. The molecule has 4 aromatic rings. The molecule has 2 amide bonds. The number of piperazine rings is 1. The second-order valence-electron chi connectivity index (χ2n) is 9.54. The number of carbonyl (C=O) groups excluding carboxylic acids is 2. The molecular weight excluding hydrogens is 504 g/mol. The molecule has 2 fully saturated rings. The zero-order valence-electron chi connectivity index (χ0n) is 20.1. The summed E-state index contributed by atoms with van der Waals surface area (Å²) < 4.78 is 55.2. The molecule has 0 saturated carbocycles. The van der Waals surface area contributed by atoms with E-state index in [1.807, 2.05) is 9.80 Å². The van der Waals surface area contributed by atoms with Crippen LogP contribution in [0.15, 0.2) is 48.7 Å². The predicted octanol–water partition coefficient (Wildman–Crippen LogP) is 4.50. The number of nitrogens with zero attached hydrogens (tertiary/aromatic N) is 4. The summed E-state index contributed by atoms with van der Waals surface area (Å²) in [6.45, 7) is 2.28. The van der Waals surface area contributed by atoms with E-state index in [0.717, 1.165) is 12.1 Å². The van der Waals surface area contributed by atoms with Crippen molar-refractivity contribution in [3.05, 3.63) is 71.2 Å². The molecule has 4 heterocycles. The van der Waals surface area contributed by atoms with Crippen molar-refractivity contribution in [2.45, 2.75) is 12.2 Å². The Kier molecular flexibility index (Phi) is 5.44. The molecule has 2 N–H and O–H groups in total. The summed E-state index contributed by atoms with van der Waals surface area (Å²) in [7, 11) is 1.76. The predicted molar refractivity (Wildman–Crippen MR) is 131 cm³/mol. The maximum Gasteiger partial charge on any atom is 0.417 e. The maximum absolute atomic E-state index is 15.1. The van der Waals surface area contributed by atoms with Crippen molar-refractivity contribution in [1.82, 2.24) is 24.8 Å². The molecular formula is C26H22F4N6O2. The van der Waals surface area contributed by atoms with Crippen LogP contribution in [0.3, 0.4) is 0 Å². The molecule has 0 bridgehead atoms. The zero-order valence-corrected chi connectivity index (χ0v) is 20.1. The first-order valence-electron chi connectivity index (χ1n) is 12.0. The third-order valence-electron chi connectivity index (χ3n) is 7.11. The summed E-state index contributed by atoms with van der Waals surface area (Å²) in [6.07, 6.45) is -3.37. The first kappa shape index (κ1) is 24.0. The fourth-order valence-electron chi connectivity index (χ4n) is 5.23. The van der Waals surface area contributed by atoms with Gasteiger partial charge in [-0.05, 0) is 24.3 Å². The number of hydrogen-bond donors (Lipinski definition) is 2. The topological polar surface area (TPSA) is 88.3 Å². The van der Waals surface area contributed by atoms with E-state index in [2.05, 4.69) is 15.0 Å². The number of aromatic amines is 2. The van der Waals surface area contributed by atoms with Gasteiger partial charge in [-0.3, -0.25) is 4.79 Å². The van der Waals surface area contributed by atoms with Gasteiger partial charge < -0.3 is 24.7 Å². The van der Waals surface area contributed by atoms with Crippen LogP contribution in [0.5, 0.6) is 0 Å². The number of urea groups is 1. The molecule has 0 radical (unpaired) electrons. The number of amides is 2. The van der Waals surface area contributed by atoms with Crippen LogP contribution >= 0.6 is 0 Å². The number of imidazole rings is 1. The molecule has 38 heavy (non-hydrogen) atoms. The fraction of sp³-hybridized carbons (Fsp3) is 0.269. The number of fused-ring (bicyclic) bond motifs is 2. The van der Waals surface area contributed by atoms with E-state index in [1.165, 1.54) is 30.5 Å². The average molecular weight is 526 g/mol. The van der Waals surface area contributed by atoms with Crippen molar-refractivity contribution >= 4 is 28.5 Å². The number of hydrogen-bond acceptors (Lipinski definition) is 4. The number of likely N-dealkylation sites (N-methyl/N-ethyl adjacent to an activating group) is 1. The Morgan fingerprint density at radius 1 is 1.11 bits per heavy atom. The summed E-state index contributed by atoms with van der Waals surface area (Å²) in [5.41, 5.74) is 0.0629. The molecule has 2 aliphatic rings. The smallest absolute Gasteiger partial charge is 0.367 e. The summed E-state index contributed by atoms with van der Waals surface area (Å²) in [4.78, 5) is 40.8. The molecule has 2 aromatic heterocycles. The van der Waals surface area contributed by atoms with Crippen LogP contribution in [-0.2, 0) is 6.18 Å². The van der Waals surface area contributed by atoms with Gasteiger partial charge in [-0.15, -0.1) is 0 Å². The van der Waals surface area contributed by atoms with Crippen LogP contribution in [0, 0.1) is 5.82 Å². The largest absolute Gasteiger partial charge is 0.417 e. The van der Waals surface area contributed by atoms with Crippen molar-refractivity contribution in [3.63, 3.8) is 0 Å². The highest BCUT2D eigenvalue weighted by Crippen LogP contribution is 2.34. The van der Waals surface area contributed by atoms with Gasteiger partial charge in [0.15, 0.2) is 17.4 Å². The second-order valence-corrected chi connectivity index (χ2v) is 9.54. The number of aromatic nitrogens is 3. The first-order chi connectivity index (χ1) is 18.1. The molecule has 0 aliphatic carbocycles. The quantitative estimate of drug-likeness (QED) is 0.303. The fourth-order valence-corrected chi connectivity index (χ4v) is 5.23. The molecule has 0 spiro atoms. The van der Waals surface area contributed by atoms with Crippen LogP contribution < -0.4 is 4.90 Å². The third kappa shape index (κ3) is 3.96. The van der Waals surface area contributed by atoms with Crippen LogP contribution in [-0.4, -0.2) is 75.8 Å². The van der Waals surface area contributed by atoms with Gasteiger partial charge in [-0.1, -0.05) is 18.2 Å². The van der Waals surface area contributed by atoms with Crippen molar-refractivity contribution in [1.29, 1.82) is 0 Å². The lowest BCUT2D eigenvalue weighted by Gasteiger charge is -2.37. The van der Waals surface area contributed by atoms with Crippen molar-refractivity contribution in [2.24, 2.45) is 0 Å². The number of alkyl halides is 3. The van der Waals surface area contributed by atoms with Crippen LogP contribution in [0.25, 0.3) is 22.6 Å². The lowest BCUT2D eigenvalue weighted by molar-refractivity contribution is -0.137. The van der Waals surface area contributed by atoms with E-state index in [-0.39, 0.29) is 29.0 Å². The number of halogens is 4. The maximum atomic E-state index is 15.1. The van der Waals surface area contributed by atoms with Crippen molar-refractivity contribution < 1.29 is 27.2 Å². The molecule has 196 valence electrons. The Morgan fingerprint density at radius 3 is 2.68 bits per heavy atom. The van der Waals surface area contributed by atoms with Crippen LogP contribution in [0.1, 0.15) is 21.5 Å². The number of carbonyl (C=O) groups is 2. The monoisotopic (exact) mass is 526 g/mol. The van der Waals surface area contributed by atoms with Gasteiger partial charge in [0.1, 0.15) is 5.52 Å². The number of ketones is 1. The Balaban J connectivity index is 1.27. The summed E-state index contributed by atoms with van der Waals surface area (Å²) in [5.74, 6) is -1.09. The minimum atomic E-state index is -4.67. The Morgan fingerprint density at radius 2 is 1.89 bits per heavy atom. The van der Waals surface area contributed by atoms with Gasteiger partial charge >= 0.3 is 12.2 Å². The van der Waals surface area contributed by atoms with E-state index < -0.39 is 28.9 Å². The van der Waals surface area contributed by atoms with E-state index in [0.29, 0.717) is 43.1 Å². The molecule has 6 rings (SSSR count). The highest BCUT2D eigenvalue weighted by Gasteiger charge is 2.39. The molecule has 2 saturated heterocycles. The molecule has 0 unspecified atom stereocenters. The average Bonchev–Trinajstić information content (AvgIpc) is 3.61. The summed E-state index contributed by atoms with van der Waals surface area (Å²) in [5, 5.41) is 0. The Bertz CT molecular complexity index is 1580. The number of benzene rings is 2. The highest BCUT2D eigenvalue weighted by atomic mass is 19.4. The van der Waals surface area contributed by atoms with Gasteiger partial charge in [0.25, 0.3) is 0 Å². The molecule has 2 aliphatic heterocycles. The van der Waals surface area contributed by atoms with Gasteiger partial charge in [0, 0.05) is 56.2 Å². The number of rotatable bonds is 4. The van der Waals surface area contributed by atoms with Gasteiger partial charge in [-0.2, -0.15) is 13.2 Å². The van der Waals surface area contributed by atoms with Gasteiger partial charge in [0.2, 0.25) is 0 Å². The molecule has 1 atom stereocenters. The number of nitrogens with one attached hydrogen (secondary N) is 2. The Hall–Kier alpha value is -4.35. The Labute approximate surface area is 213 Å². The third-order valence-corrected chi connectivity index (χ3v) is 7.11. The van der Waals surface area contributed by atoms with Gasteiger partial charge in [-0.25, -0.2) is 14.2 Å². The normalized spacial score (nSPS) is 18.0. The van der Waals surface area contributed by atoms with Crippen molar-refractivity contribution in [2.75, 3.05) is 38.1 Å². The zero-order chi connectivity index (χ0) is 26.8. The molecule has 8 nitrogen and oxygen atoms in total. The van der Waals surface area contributed by atoms with E-state index in [1.54, 1.807) is 18.0 Å².